The van der Waals surface area contributed by atoms with E-state index in [0.717, 1.165) is 11.1 Å². The molecule has 1 heterocycles. The lowest BCUT2D eigenvalue weighted by Crippen LogP contribution is -2.45. The van der Waals surface area contributed by atoms with Crippen LogP contribution in [0.1, 0.15) is 24.1 Å². The maximum absolute atomic E-state index is 12.8. The zero-order chi connectivity index (χ0) is 19.4. The van der Waals surface area contributed by atoms with Crippen LogP contribution in [0.2, 0.25) is 5.02 Å². The second-order valence-corrected chi connectivity index (χ2v) is 6.62. The van der Waals surface area contributed by atoms with Gasteiger partial charge in [0.25, 0.3) is 0 Å². The lowest BCUT2D eigenvalue weighted by Gasteiger charge is -2.31. The monoisotopic (exact) mass is 402 g/mol. The zero-order valence-electron chi connectivity index (χ0n) is 14.9. The van der Waals surface area contributed by atoms with Crippen molar-refractivity contribution in [3.05, 3.63) is 70.3 Å². The summed E-state index contributed by atoms with van der Waals surface area (Å²) in [5, 5.41) is 7.11. The lowest BCUT2D eigenvalue weighted by molar-refractivity contribution is -0.138. The van der Waals surface area contributed by atoms with Crippen LogP contribution in [-0.2, 0) is 9.53 Å². The minimum absolute atomic E-state index is 0.269. The number of hydrogen-bond acceptors (Lipinski definition) is 4. The third-order valence-corrected chi connectivity index (χ3v) is 4.65. The Bertz CT molecular complexity index is 899. The lowest BCUT2D eigenvalue weighted by atomic mass is 9.92. The van der Waals surface area contributed by atoms with Crippen LogP contribution in [0.4, 0.5) is 0 Å². The third-order valence-electron chi connectivity index (χ3n) is 4.14. The number of carbonyl (C=O) groups excluding carboxylic acids is 1. The van der Waals surface area contributed by atoms with E-state index in [-0.39, 0.29) is 6.61 Å². The number of hydrogen-bond donors (Lipinski definition) is 2. The van der Waals surface area contributed by atoms with E-state index in [2.05, 4.69) is 10.6 Å². The Morgan fingerprint density at radius 3 is 2.59 bits per heavy atom. The number of ether oxygens (including phenoxy) is 2. The molecule has 2 N–H and O–H groups in total. The van der Waals surface area contributed by atoms with Gasteiger partial charge in [-0.05, 0) is 42.4 Å². The van der Waals surface area contributed by atoms with Gasteiger partial charge in [-0.1, -0.05) is 48.0 Å². The number of thiocarbonyl (C=S) groups is 1. The summed E-state index contributed by atoms with van der Waals surface area (Å²) in [4.78, 5) is 12.8. The van der Waals surface area contributed by atoms with Crippen molar-refractivity contribution in [3.8, 4) is 5.75 Å². The zero-order valence-corrected chi connectivity index (χ0v) is 16.5. The van der Waals surface area contributed by atoms with Crippen molar-refractivity contribution in [3.63, 3.8) is 0 Å². The van der Waals surface area contributed by atoms with Crippen molar-refractivity contribution in [2.24, 2.45) is 0 Å². The van der Waals surface area contributed by atoms with E-state index in [1.165, 1.54) is 0 Å². The van der Waals surface area contributed by atoms with Crippen LogP contribution >= 0.6 is 23.8 Å². The molecule has 0 bridgehead atoms. The summed E-state index contributed by atoms with van der Waals surface area (Å²) >= 11 is 11.7. The highest BCUT2D eigenvalue weighted by atomic mass is 35.5. The van der Waals surface area contributed by atoms with E-state index in [1.807, 2.05) is 36.4 Å². The van der Waals surface area contributed by atoms with E-state index in [4.69, 9.17) is 33.3 Å². The Labute approximate surface area is 168 Å². The molecule has 0 radical (unpaired) electrons. The van der Waals surface area contributed by atoms with Gasteiger partial charge < -0.3 is 20.1 Å². The molecule has 0 spiro atoms. The largest absolute Gasteiger partial charge is 0.495 e. The van der Waals surface area contributed by atoms with Gasteiger partial charge in [-0.3, -0.25) is 0 Å². The molecule has 0 amide bonds. The first-order chi connectivity index (χ1) is 13.0. The molecule has 5 nitrogen and oxygen atoms in total. The summed E-state index contributed by atoms with van der Waals surface area (Å²) < 4.78 is 10.5. The van der Waals surface area contributed by atoms with E-state index in [1.54, 1.807) is 26.2 Å². The van der Waals surface area contributed by atoms with Gasteiger partial charge in [-0.25, -0.2) is 4.79 Å². The van der Waals surface area contributed by atoms with Crippen molar-refractivity contribution >= 4 is 40.6 Å². The van der Waals surface area contributed by atoms with Gasteiger partial charge in [0.05, 0.1) is 36.1 Å². The summed E-state index contributed by atoms with van der Waals surface area (Å²) in [5.74, 6) is 0.137. The first-order valence-electron chi connectivity index (χ1n) is 8.42. The second kappa shape index (κ2) is 8.41. The van der Waals surface area contributed by atoms with Gasteiger partial charge in [0, 0.05) is 0 Å². The predicted molar refractivity (Wildman–Crippen MR) is 110 cm³/mol. The molecular formula is C20H19ClN2O3S. The molecule has 0 unspecified atom stereocenters. The topological polar surface area (TPSA) is 59.6 Å². The number of esters is 1. The minimum atomic E-state index is -0.503. The van der Waals surface area contributed by atoms with E-state index in [0.29, 0.717) is 27.2 Å². The van der Waals surface area contributed by atoms with Crippen LogP contribution < -0.4 is 15.4 Å². The Balaban J connectivity index is 2.16. The fraction of sp³-hybridized carbons (Fsp3) is 0.200. The standard InChI is InChI=1S/C20H19ClN2O3S/c1-3-26-19(24)16-17(12-7-5-4-6-8-12)22-20(27)23-18(16)13-9-10-15(25-2)14(21)11-13/h4-11,18H,3H2,1-2H3,(H2,22,23,27)/t18-/m0/s1. The number of methoxy groups -OCH3 is 1. The smallest absolute Gasteiger partial charge is 0.338 e. The number of halogens is 1. The molecule has 1 aliphatic rings. The van der Waals surface area contributed by atoms with Gasteiger partial charge in [0.2, 0.25) is 0 Å². The predicted octanol–water partition coefficient (Wildman–Crippen LogP) is 3.84. The Hall–Kier alpha value is -2.57. The molecule has 0 aliphatic carbocycles. The quantitative estimate of drug-likeness (QED) is 0.585. The molecule has 2 aromatic rings. The van der Waals surface area contributed by atoms with Crippen LogP contribution in [0.25, 0.3) is 5.70 Å². The summed E-state index contributed by atoms with van der Waals surface area (Å²) in [6, 6.07) is 14.4. The van der Waals surface area contributed by atoms with Gasteiger partial charge in [0.15, 0.2) is 5.11 Å². The molecule has 3 rings (SSSR count). The molecule has 0 aromatic heterocycles. The summed E-state index contributed by atoms with van der Waals surface area (Å²) in [6.07, 6.45) is 0. The molecule has 140 valence electrons. The Kier molecular flexibility index (Phi) is 5.98. The van der Waals surface area contributed by atoms with Gasteiger partial charge in [-0.15, -0.1) is 0 Å². The van der Waals surface area contributed by atoms with Gasteiger partial charge >= 0.3 is 5.97 Å². The summed E-state index contributed by atoms with van der Waals surface area (Å²) in [7, 11) is 1.55. The number of nitrogens with one attached hydrogen (secondary N) is 2. The van der Waals surface area contributed by atoms with Crippen molar-refractivity contribution < 1.29 is 14.3 Å². The number of carbonyl (C=O) groups is 1. The first-order valence-corrected chi connectivity index (χ1v) is 9.21. The molecule has 0 saturated heterocycles. The van der Waals surface area contributed by atoms with Crippen LogP contribution in [0.5, 0.6) is 5.75 Å². The van der Waals surface area contributed by atoms with Crippen molar-refractivity contribution in [2.75, 3.05) is 13.7 Å². The van der Waals surface area contributed by atoms with Crippen molar-refractivity contribution in [2.45, 2.75) is 13.0 Å². The number of rotatable bonds is 5. The van der Waals surface area contributed by atoms with E-state index < -0.39 is 12.0 Å². The van der Waals surface area contributed by atoms with E-state index in [9.17, 15) is 4.79 Å². The average molecular weight is 403 g/mol. The minimum Gasteiger partial charge on any atom is -0.495 e. The van der Waals surface area contributed by atoms with Crippen LogP contribution in [-0.4, -0.2) is 24.8 Å². The normalized spacial score (nSPS) is 16.4. The number of benzene rings is 2. The molecule has 1 atom stereocenters. The molecule has 27 heavy (non-hydrogen) atoms. The molecule has 0 fully saturated rings. The van der Waals surface area contributed by atoms with Crippen LogP contribution in [0.15, 0.2) is 54.1 Å². The highest BCUT2D eigenvalue weighted by Gasteiger charge is 2.33. The van der Waals surface area contributed by atoms with Gasteiger partial charge in [-0.2, -0.15) is 0 Å². The summed E-state index contributed by atoms with van der Waals surface area (Å²) in [5.41, 5.74) is 2.68. The molecule has 1 aliphatic heterocycles. The SMILES string of the molecule is CCOC(=O)C1=C(c2ccccc2)NC(=S)N[C@H]1c1ccc(OC)c(Cl)c1. The molecular weight excluding hydrogens is 384 g/mol. The fourth-order valence-electron chi connectivity index (χ4n) is 2.94. The highest BCUT2D eigenvalue weighted by molar-refractivity contribution is 7.80. The first kappa shape index (κ1) is 19.2. The maximum Gasteiger partial charge on any atom is 0.338 e. The highest BCUT2D eigenvalue weighted by Crippen LogP contribution is 2.35. The second-order valence-electron chi connectivity index (χ2n) is 5.80. The Morgan fingerprint density at radius 1 is 1.22 bits per heavy atom. The van der Waals surface area contributed by atoms with Crippen molar-refractivity contribution in [1.82, 2.24) is 10.6 Å². The van der Waals surface area contributed by atoms with Crippen LogP contribution in [0.3, 0.4) is 0 Å². The third kappa shape index (κ3) is 4.07. The van der Waals surface area contributed by atoms with E-state index >= 15 is 0 Å². The molecule has 2 aromatic carbocycles. The molecule has 0 saturated carbocycles. The van der Waals surface area contributed by atoms with Crippen molar-refractivity contribution in [1.29, 1.82) is 0 Å². The molecule has 7 heteroatoms. The maximum atomic E-state index is 12.8. The van der Waals surface area contributed by atoms with Gasteiger partial charge in [0.1, 0.15) is 5.75 Å². The summed E-state index contributed by atoms with van der Waals surface area (Å²) in [6.45, 7) is 2.04. The fourth-order valence-corrected chi connectivity index (χ4v) is 3.42. The average Bonchev–Trinajstić information content (AvgIpc) is 2.68. The Morgan fingerprint density at radius 2 is 1.96 bits per heavy atom. The van der Waals surface area contributed by atoms with Crippen LogP contribution in [0, 0.1) is 0 Å².